The number of oxazole rings is 1. The van der Waals surface area contributed by atoms with Crippen LogP contribution >= 0.6 is 0 Å². The Hall–Kier alpha value is -2.18. The Morgan fingerprint density at radius 2 is 2.11 bits per heavy atom. The van der Waals surface area contributed by atoms with Gasteiger partial charge in [0, 0.05) is 20.0 Å². The van der Waals surface area contributed by atoms with Gasteiger partial charge in [0.25, 0.3) is 5.71 Å². The van der Waals surface area contributed by atoms with Crippen molar-refractivity contribution in [2.24, 2.45) is 0 Å². The van der Waals surface area contributed by atoms with Crippen molar-refractivity contribution in [3.63, 3.8) is 0 Å². The first kappa shape index (κ1) is 11.9. The zero-order valence-electron chi connectivity index (χ0n) is 11.1. The summed E-state index contributed by atoms with van der Waals surface area (Å²) < 4.78 is 5.45. The van der Waals surface area contributed by atoms with Crippen LogP contribution in [0.1, 0.15) is 18.6 Å². The molecule has 2 aromatic heterocycles. The fourth-order valence-corrected chi connectivity index (χ4v) is 2.29. The highest BCUT2D eigenvalue weighted by molar-refractivity contribution is 5.90. The Balaban J connectivity index is 2.15. The molecule has 1 N–H and O–H groups in total. The standard InChI is InChI=1S/C12H15N5O2/c1-6-11(18)13-4-5-17(6)10-9-12(15-7(2)14-10)19-8(3)16-9/h6H,4-5H2,1-3H3,(H,13,18). The fraction of sp³-hybridized carbons (Fsp3) is 0.500. The molecule has 1 fully saturated rings. The van der Waals surface area contributed by atoms with E-state index in [1.807, 2.05) is 11.8 Å². The number of rotatable bonds is 1. The van der Waals surface area contributed by atoms with E-state index in [0.717, 1.165) is 0 Å². The molecule has 0 spiro atoms. The lowest BCUT2D eigenvalue weighted by molar-refractivity contribution is -0.122. The lowest BCUT2D eigenvalue weighted by Gasteiger charge is -2.33. The van der Waals surface area contributed by atoms with Crippen LogP contribution in [0.3, 0.4) is 0 Å². The Kier molecular flexibility index (Phi) is 2.62. The highest BCUT2D eigenvalue weighted by Crippen LogP contribution is 2.26. The molecule has 0 bridgehead atoms. The van der Waals surface area contributed by atoms with Gasteiger partial charge in [0.2, 0.25) is 5.91 Å². The van der Waals surface area contributed by atoms with Gasteiger partial charge in [-0.05, 0) is 13.8 Å². The van der Waals surface area contributed by atoms with Gasteiger partial charge in [0.1, 0.15) is 11.9 Å². The van der Waals surface area contributed by atoms with Crippen molar-refractivity contribution in [1.29, 1.82) is 0 Å². The average Bonchev–Trinajstić information content (AvgIpc) is 2.72. The maximum absolute atomic E-state index is 11.8. The second-order valence-corrected chi connectivity index (χ2v) is 4.64. The molecular formula is C12H15N5O2. The van der Waals surface area contributed by atoms with Gasteiger partial charge in [-0.3, -0.25) is 4.79 Å². The quantitative estimate of drug-likeness (QED) is 0.807. The normalized spacial score (nSPS) is 19.8. The number of carbonyl (C=O) groups excluding carboxylic acids is 1. The number of anilines is 1. The van der Waals surface area contributed by atoms with E-state index in [1.54, 1.807) is 13.8 Å². The number of nitrogens with one attached hydrogen (secondary N) is 1. The van der Waals surface area contributed by atoms with Gasteiger partial charge in [-0.2, -0.15) is 4.98 Å². The Morgan fingerprint density at radius 3 is 2.89 bits per heavy atom. The molecule has 3 heterocycles. The van der Waals surface area contributed by atoms with Crippen molar-refractivity contribution in [1.82, 2.24) is 20.3 Å². The van der Waals surface area contributed by atoms with Gasteiger partial charge in [0.05, 0.1) is 0 Å². The highest BCUT2D eigenvalue weighted by Gasteiger charge is 2.29. The van der Waals surface area contributed by atoms with Crippen LogP contribution in [0.25, 0.3) is 11.2 Å². The van der Waals surface area contributed by atoms with E-state index < -0.39 is 0 Å². The topological polar surface area (TPSA) is 84.2 Å². The molecule has 0 saturated carbocycles. The number of hydrogen-bond donors (Lipinski definition) is 1. The third-order valence-electron chi connectivity index (χ3n) is 3.23. The molecule has 7 heteroatoms. The maximum Gasteiger partial charge on any atom is 0.252 e. The average molecular weight is 261 g/mol. The summed E-state index contributed by atoms with van der Waals surface area (Å²) in [6.07, 6.45) is 0. The van der Waals surface area contributed by atoms with Crippen LogP contribution in [0.5, 0.6) is 0 Å². The van der Waals surface area contributed by atoms with E-state index in [-0.39, 0.29) is 11.9 Å². The molecule has 7 nitrogen and oxygen atoms in total. The smallest absolute Gasteiger partial charge is 0.252 e. The number of piperazine rings is 1. The van der Waals surface area contributed by atoms with Crippen molar-refractivity contribution in [2.75, 3.05) is 18.0 Å². The van der Waals surface area contributed by atoms with Crippen molar-refractivity contribution in [3.8, 4) is 0 Å². The van der Waals surface area contributed by atoms with Gasteiger partial charge in [-0.25, -0.2) is 9.97 Å². The molecule has 1 atom stereocenters. The number of aromatic nitrogens is 3. The minimum atomic E-state index is -0.275. The van der Waals surface area contributed by atoms with Gasteiger partial charge in [-0.15, -0.1) is 0 Å². The van der Waals surface area contributed by atoms with E-state index in [2.05, 4.69) is 20.3 Å². The Bertz CT molecular complexity index is 651. The van der Waals surface area contributed by atoms with Crippen molar-refractivity contribution in [2.45, 2.75) is 26.8 Å². The predicted octanol–water partition coefficient (Wildman–Crippen LogP) is 0.559. The summed E-state index contributed by atoms with van der Waals surface area (Å²) in [6, 6.07) is -0.275. The third-order valence-corrected chi connectivity index (χ3v) is 3.23. The second-order valence-electron chi connectivity index (χ2n) is 4.64. The number of hydrogen-bond acceptors (Lipinski definition) is 6. The van der Waals surface area contributed by atoms with Crippen LogP contribution < -0.4 is 10.2 Å². The number of carbonyl (C=O) groups is 1. The summed E-state index contributed by atoms with van der Waals surface area (Å²) in [4.78, 5) is 26.7. The van der Waals surface area contributed by atoms with Crippen LogP contribution in [0.4, 0.5) is 5.82 Å². The minimum Gasteiger partial charge on any atom is -0.422 e. The molecule has 1 aliphatic rings. The molecule has 1 unspecified atom stereocenters. The van der Waals surface area contributed by atoms with E-state index in [9.17, 15) is 4.79 Å². The number of amides is 1. The highest BCUT2D eigenvalue weighted by atomic mass is 16.4. The van der Waals surface area contributed by atoms with Crippen LogP contribution in [-0.4, -0.2) is 40.0 Å². The van der Waals surface area contributed by atoms with Gasteiger partial charge in [-0.1, -0.05) is 0 Å². The second kappa shape index (κ2) is 4.18. The molecule has 1 amide bonds. The van der Waals surface area contributed by atoms with Crippen LogP contribution in [-0.2, 0) is 4.79 Å². The van der Waals surface area contributed by atoms with Gasteiger partial charge in [0.15, 0.2) is 17.2 Å². The van der Waals surface area contributed by atoms with E-state index in [0.29, 0.717) is 41.9 Å². The van der Waals surface area contributed by atoms with Crippen LogP contribution in [0.15, 0.2) is 4.42 Å². The predicted molar refractivity (Wildman–Crippen MR) is 68.9 cm³/mol. The monoisotopic (exact) mass is 261 g/mol. The third kappa shape index (κ3) is 1.91. The summed E-state index contributed by atoms with van der Waals surface area (Å²) in [7, 11) is 0. The SMILES string of the molecule is Cc1nc(N2CCNC(=O)C2C)c2nc(C)oc2n1. The zero-order chi connectivity index (χ0) is 13.6. The number of aryl methyl sites for hydroxylation is 2. The van der Waals surface area contributed by atoms with Crippen LogP contribution in [0.2, 0.25) is 0 Å². The molecule has 0 aliphatic carbocycles. The Labute approximate surface area is 110 Å². The maximum atomic E-state index is 11.8. The first-order valence-corrected chi connectivity index (χ1v) is 6.22. The summed E-state index contributed by atoms with van der Waals surface area (Å²) in [6.45, 7) is 6.72. The molecule has 1 saturated heterocycles. The molecule has 0 radical (unpaired) electrons. The summed E-state index contributed by atoms with van der Waals surface area (Å²) in [5, 5.41) is 2.83. The molecule has 100 valence electrons. The Morgan fingerprint density at radius 1 is 1.32 bits per heavy atom. The molecular weight excluding hydrogens is 246 g/mol. The zero-order valence-corrected chi connectivity index (χ0v) is 11.1. The summed E-state index contributed by atoms with van der Waals surface area (Å²) >= 11 is 0. The van der Waals surface area contributed by atoms with E-state index >= 15 is 0 Å². The van der Waals surface area contributed by atoms with Gasteiger partial charge >= 0.3 is 0 Å². The molecule has 19 heavy (non-hydrogen) atoms. The minimum absolute atomic E-state index is 0.00381. The van der Waals surface area contributed by atoms with Crippen molar-refractivity contribution >= 4 is 23.0 Å². The van der Waals surface area contributed by atoms with E-state index in [1.165, 1.54) is 0 Å². The number of fused-ring (bicyclic) bond motifs is 1. The molecule has 0 aromatic carbocycles. The molecule has 1 aliphatic heterocycles. The van der Waals surface area contributed by atoms with Gasteiger partial charge < -0.3 is 14.6 Å². The summed E-state index contributed by atoms with van der Waals surface area (Å²) in [5.41, 5.74) is 1.09. The van der Waals surface area contributed by atoms with E-state index in [4.69, 9.17) is 4.42 Å². The number of nitrogens with zero attached hydrogens (tertiary/aromatic N) is 4. The lowest BCUT2D eigenvalue weighted by Crippen LogP contribution is -2.54. The lowest BCUT2D eigenvalue weighted by atomic mass is 10.2. The molecule has 3 rings (SSSR count). The summed E-state index contributed by atoms with van der Waals surface area (Å²) in [5.74, 6) is 1.82. The molecule has 2 aromatic rings. The van der Waals surface area contributed by atoms with Crippen molar-refractivity contribution in [3.05, 3.63) is 11.7 Å². The van der Waals surface area contributed by atoms with Crippen LogP contribution in [0, 0.1) is 13.8 Å². The first-order valence-electron chi connectivity index (χ1n) is 6.22. The first-order chi connectivity index (χ1) is 9.06. The fourth-order valence-electron chi connectivity index (χ4n) is 2.29. The van der Waals surface area contributed by atoms with Crippen molar-refractivity contribution < 1.29 is 9.21 Å². The largest absolute Gasteiger partial charge is 0.422 e.